The van der Waals surface area contributed by atoms with E-state index in [9.17, 15) is 46.9 Å². The topological polar surface area (TPSA) is 146 Å². The predicted octanol–water partition coefficient (Wildman–Crippen LogP) is 4.04. The maximum Gasteiger partial charge on any atom is 0.418 e. The molecule has 1 saturated carbocycles. The zero-order valence-corrected chi connectivity index (χ0v) is 23.0. The number of imidazole rings is 1. The van der Waals surface area contributed by atoms with E-state index in [1.165, 1.54) is 16.7 Å². The van der Waals surface area contributed by atoms with Crippen LogP contribution in [-0.4, -0.2) is 64.2 Å². The first-order chi connectivity index (χ1) is 20.6. The van der Waals surface area contributed by atoms with Crippen molar-refractivity contribution in [1.29, 1.82) is 0 Å². The summed E-state index contributed by atoms with van der Waals surface area (Å²) in [5, 5.41) is 32.2. The molecule has 1 saturated heterocycles. The molecule has 0 spiro atoms. The van der Waals surface area contributed by atoms with Crippen molar-refractivity contribution in [3.8, 4) is 0 Å². The summed E-state index contributed by atoms with van der Waals surface area (Å²) in [4.78, 5) is 35.8. The number of alkyl halides is 5. The summed E-state index contributed by atoms with van der Waals surface area (Å²) in [7, 11) is 0. The van der Waals surface area contributed by atoms with Crippen LogP contribution in [0.25, 0.3) is 21.9 Å². The highest BCUT2D eigenvalue weighted by Gasteiger charge is 2.39. The Balaban J connectivity index is 1.48. The minimum atomic E-state index is -4.85. The maximum absolute atomic E-state index is 14.2. The highest BCUT2D eigenvalue weighted by molar-refractivity contribution is 6.08. The van der Waals surface area contributed by atoms with Crippen molar-refractivity contribution in [1.82, 2.24) is 24.0 Å². The van der Waals surface area contributed by atoms with Gasteiger partial charge in [0.25, 0.3) is 11.8 Å². The molecule has 0 atom stereocenters. The summed E-state index contributed by atoms with van der Waals surface area (Å²) in [6.45, 7) is -0.886. The summed E-state index contributed by atoms with van der Waals surface area (Å²) < 4.78 is 72.0. The van der Waals surface area contributed by atoms with Crippen LogP contribution in [0.4, 0.5) is 33.6 Å². The highest BCUT2D eigenvalue weighted by Crippen LogP contribution is 2.38. The SMILES string of the molecule is O=C(c1cc(Nc2cc3c(cn2)n(C(O)(O)O)c(=O)n3C2CCCC2)nc2c(C(F)(F)F)cccc12)N1CCCC(F)(F)C1. The van der Waals surface area contributed by atoms with Crippen molar-refractivity contribution in [3.05, 3.63) is 58.1 Å². The number of halogens is 5. The van der Waals surface area contributed by atoms with Crippen LogP contribution in [0.5, 0.6) is 0 Å². The van der Waals surface area contributed by atoms with Crippen LogP contribution >= 0.6 is 0 Å². The normalized spacial score (nSPS) is 18.0. The molecule has 2 aliphatic rings. The number of piperidine rings is 1. The first-order valence-corrected chi connectivity index (χ1v) is 13.9. The van der Waals surface area contributed by atoms with Gasteiger partial charge in [0.15, 0.2) is 0 Å². The fourth-order valence-electron chi connectivity index (χ4n) is 6.15. The molecule has 11 nitrogen and oxygen atoms in total. The van der Waals surface area contributed by atoms with Crippen LogP contribution < -0.4 is 11.0 Å². The Morgan fingerprint density at radius 2 is 1.75 bits per heavy atom. The van der Waals surface area contributed by atoms with Crippen LogP contribution in [0, 0.1) is 0 Å². The second kappa shape index (κ2) is 10.5. The Bertz CT molecular complexity index is 1820. The lowest BCUT2D eigenvalue weighted by atomic mass is 10.0. The molecule has 44 heavy (non-hydrogen) atoms. The van der Waals surface area contributed by atoms with E-state index in [0.29, 0.717) is 17.4 Å². The summed E-state index contributed by atoms with van der Waals surface area (Å²) >= 11 is 0. The van der Waals surface area contributed by atoms with Crippen molar-refractivity contribution in [3.63, 3.8) is 0 Å². The van der Waals surface area contributed by atoms with Crippen LogP contribution in [0.15, 0.2) is 41.3 Å². The van der Waals surface area contributed by atoms with Crippen molar-refractivity contribution in [2.45, 2.75) is 62.8 Å². The second-order valence-corrected chi connectivity index (χ2v) is 11.2. The number of nitrogens with one attached hydrogen (secondary N) is 1. The van der Waals surface area contributed by atoms with Gasteiger partial charge in [-0.25, -0.2) is 28.1 Å². The smallest absolute Gasteiger partial charge is 0.333 e. The van der Waals surface area contributed by atoms with E-state index in [-0.39, 0.29) is 52.6 Å². The molecule has 0 unspecified atom stereocenters. The van der Waals surface area contributed by atoms with Gasteiger partial charge in [0.2, 0.25) is 0 Å². The van der Waals surface area contributed by atoms with Crippen LogP contribution in [-0.2, 0) is 12.3 Å². The molecule has 0 bridgehead atoms. The largest absolute Gasteiger partial charge is 0.418 e. The first-order valence-electron chi connectivity index (χ1n) is 13.9. The first kappa shape index (κ1) is 29.9. The number of benzene rings is 1. The number of carbonyl (C=O) groups is 1. The van der Waals surface area contributed by atoms with Gasteiger partial charge in [-0.1, -0.05) is 25.0 Å². The standard InChI is InChI=1S/C28H27F5N6O5/c29-26(30)9-4-10-37(14-26)24(40)17-11-22(36-23-16(17)7-3-8-18(23)27(31,32)33)35-21-12-19-20(13-34-21)39(28(42,43)44)25(41)38(19)15-5-1-2-6-15/h3,7-8,11-13,15,42-44H,1-2,4-6,9-10,14H2,(H,34,35,36). The third-order valence-corrected chi connectivity index (χ3v) is 8.06. The van der Waals surface area contributed by atoms with E-state index in [1.54, 1.807) is 0 Å². The highest BCUT2D eigenvalue weighted by atomic mass is 19.4. The zero-order valence-electron chi connectivity index (χ0n) is 23.0. The molecule has 4 heterocycles. The Labute approximate surface area is 245 Å². The monoisotopic (exact) mass is 622 g/mol. The Morgan fingerprint density at radius 1 is 1.02 bits per heavy atom. The Morgan fingerprint density at radius 3 is 2.41 bits per heavy atom. The summed E-state index contributed by atoms with van der Waals surface area (Å²) in [6.07, 6.45) is -4.90. The van der Waals surface area contributed by atoms with Gasteiger partial charge < -0.3 is 25.5 Å². The molecular weight excluding hydrogens is 595 g/mol. The van der Waals surface area contributed by atoms with Gasteiger partial charge in [-0.3, -0.25) is 9.36 Å². The maximum atomic E-state index is 14.2. The van der Waals surface area contributed by atoms with Gasteiger partial charge in [0.1, 0.15) is 11.6 Å². The number of anilines is 2. The van der Waals surface area contributed by atoms with Crippen LogP contribution in [0.1, 0.15) is 60.5 Å². The number of fused-ring (bicyclic) bond motifs is 2. The number of nitrogens with zero attached hydrogens (tertiary/aromatic N) is 5. The van der Waals surface area contributed by atoms with Gasteiger partial charge in [0, 0.05) is 30.5 Å². The van der Waals surface area contributed by atoms with E-state index in [2.05, 4.69) is 15.3 Å². The number of aliphatic hydroxyl groups is 3. The third-order valence-electron chi connectivity index (χ3n) is 8.06. The van der Waals surface area contributed by atoms with Gasteiger partial charge in [0.05, 0.1) is 40.4 Å². The number of likely N-dealkylation sites (tertiary alicyclic amines) is 1. The average Bonchev–Trinajstić information content (AvgIpc) is 3.55. The van der Waals surface area contributed by atoms with Crippen molar-refractivity contribution < 1.29 is 42.1 Å². The lowest BCUT2D eigenvalue weighted by molar-refractivity contribution is -0.374. The number of hydrogen-bond acceptors (Lipinski definition) is 8. The molecular formula is C28H27F5N6O5. The van der Waals surface area contributed by atoms with E-state index in [4.69, 9.17) is 0 Å². The summed E-state index contributed by atoms with van der Waals surface area (Å²) in [5.74, 6) is -4.34. The lowest BCUT2D eigenvalue weighted by Gasteiger charge is -2.32. The summed E-state index contributed by atoms with van der Waals surface area (Å²) in [5.41, 5.74) is -2.90. The van der Waals surface area contributed by atoms with Crippen molar-refractivity contribution >= 4 is 39.5 Å². The molecule has 6 rings (SSSR count). The van der Waals surface area contributed by atoms with E-state index in [1.807, 2.05) is 0 Å². The molecule has 3 aromatic heterocycles. The number of para-hydroxylation sites is 1. The van der Waals surface area contributed by atoms with E-state index >= 15 is 0 Å². The quantitative estimate of drug-likeness (QED) is 0.193. The van der Waals surface area contributed by atoms with Crippen LogP contribution in [0.3, 0.4) is 0 Å². The average molecular weight is 623 g/mol. The Hall–Kier alpha value is -4.15. The molecule has 0 radical (unpaired) electrons. The van der Waals surface area contributed by atoms with E-state index < -0.39 is 53.8 Å². The van der Waals surface area contributed by atoms with Crippen molar-refractivity contribution in [2.75, 3.05) is 18.4 Å². The Kier molecular flexibility index (Phi) is 7.13. The number of amides is 1. The van der Waals surface area contributed by atoms with Crippen molar-refractivity contribution in [2.24, 2.45) is 0 Å². The lowest BCUT2D eigenvalue weighted by Crippen LogP contribution is -2.45. The number of pyridine rings is 2. The van der Waals surface area contributed by atoms with Gasteiger partial charge in [-0.2, -0.15) is 13.2 Å². The molecule has 2 fully saturated rings. The molecule has 1 amide bonds. The van der Waals surface area contributed by atoms with Gasteiger partial charge in [-0.05, 0) is 31.4 Å². The minimum absolute atomic E-state index is 0.00403. The second-order valence-electron chi connectivity index (χ2n) is 11.2. The van der Waals surface area contributed by atoms with Gasteiger partial charge in [-0.15, -0.1) is 0 Å². The fraction of sp³-hybridized carbons (Fsp3) is 0.429. The molecule has 1 aliphatic heterocycles. The number of hydrogen-bond donors (Lipinski definition) is 4. The zero-order chi connectivity index (χ0) is 31.6. The number of carbonyl (C=O) groups excluding carboxylic acids is 1. The minimum Gasteiger partial charge on any atom is -0.333 e. The molecule has 16 heteroatoms. The molecule has 1 aliphatic carbocycles. The molecule has 1 aromatic carbocycles. The summed E-state index contributed by atoms with van der Waals surface area (Å²) in [6, 6.07) is 5.30. The molecule has 234 valence electrons. The third kappa shape index (κ3) is 5.37. The predicted molar refractivity (Wildman–Crippen MR) is 146 cm³/mol. The van der Waals surface area contributed by atoms with Crippen LogP contribution in [0.2, 0.25) is 0 Å². The number of rotatable bonds is 5. The number of aromatic nitrogens is 4. The molecule has 4 aromatic rings. The fourth-order valence-corrected chi connectivity index (χ4v) is 6.15. The van der Waals surface area contributed by atoms with E-state index in [0.717, 1.165) is 42.1 Å². The van der Waals surface area contributed by atoms with Gasteiger partial charge >= 0.3 is 18.0 Å². The molecule has 4 N–H and O–H groups in total.